The Morgan fingerprint density at radius 2 is 1.45 bits per heavy atom. The molecule has 1 aromatic carbocycles. The summed E-state index contributed by atoms with van der Waals surface area (Å²) in [5, 5.41) is 0.633. The molecule has 0 N–H and O–H groups in total. The summed E-state index contributed by atoms with van der Waals surface area (Å²) in [6.45, 7) is 6.12. The molecule has 4 nitrogen and oxygen atoms in total. The lowest BCUT2D eigenvalue weighted by atomic mass is 9.91. The van der Waals surface area contributed by atoms with E-state index in [4.69, 9.17) is 11.6 Å². The second-order valence-corrected chi connectivity index (χ2v) is 9.64. The Balaban J connectivity index is 1.75. The van der Waals surface area contributed by atoms with E-state index in [0.29, 0.717) is 28.1 Å². The van der Waals surface area contributed by atoms with Crippen molar-refractivity contribution in [1.29, 1.82) is 0 Å². The third kappa shape index (κ3) is 4.09. The summed E-state index contributed by atoms with van der Waals surface area (Å²) in [6.07, 6.45) is 7.57. The number of likely N-dealkylation sites (tertiary alicyclic amines) is 1. The molecule has 5 heteroatoms. The molecule has 1 aromatic rings. The molecule has 2 atom stereocenters. The Morgan fingerprint density at radius 1 is 0.862 bits per heavy atom. The number of carbonyl (C=O) groups is 2. The summed E-state index contributed by atoms with van der Waals surface area (Å²) in [6, 6.07) is 7.37. The van der Waals surface area contributed by atoms with Gasteiger partial charge in [0.25, 0.3) is 11.8 Å². The normalized spacial score (nSPS) is 27.0. The number of piperidine rings is 1. The van der Waals surface area contributed by atoms with Crippen molar-refractivity contribution in [3.05, 3.63) is 40.5 Å². The molecule has 0 aromatic heterocycles. The van der Waals surface area contributed by atoms with E-state index in [0.717, 1.165) is 50.8 Å². The summed E-state index contributed by atoms with van der Waals surface area (Å²) < 4.78 is 0. The number of carbonyl (C=O) groups excluding carboxylic acids is 2. The van der Waals surface area contributed by atoms with Crippen LogP contribution in [0.25, 0.3) is 5.57 Å². The second kappa shape index (κ2) is 8.51. The van der Waals surface area contributed by atoms with Gasteiger partial charge in [-0.15, -0.1) is 0 Å². The van der Waals surface area contributed by atoms with Gasteiger partial charge in [0.1, 0.15) is 5.70 Å². The molecule has 0 bridgehead atoms. The van der Waals surface area contributed by atoms with E-state index >= 15 is 0 Å². The SMILES string of the molecule is CC1CC(C)CN(C2=C(c3ccc(Cl)cc3)C(=O)N(C3CCCCCC3)C2=O)C1. The van der Waals surface area contributed by atoms with Gasteiger partial charge in [0.15, 0.2) is 0 Å². The fourth-order valence-corrected chi connectivity index (χ4v) is 5.52. The van der Waals surface area contributed by atoms with E-state index < -0.39 is 0 Å². The highest BCUT2D eigenvalue weighted by atomic mass is 35.5. The fourth-order valence-electron chi connectivity index (χ4n) is 5.40. The standard InChI is InChI=1S/C24H31ClN2O2/c1-16-13-17(2)15-26(14-16)22-21(18-9-11-19(25)12-10-18)23(28)27(24(22)29)20-7-5-3-4-6-8-20/h9-12,16-17,20H,3-8,13-15H2,1-2H3. The number of amides is 2. The lowest BCUT2D eigenvalue weighted by Crippen LogP contribution is -2.44. The van der Waals surface area contributed by atoms with Crippen molar-refractivity contribution >= 4 is 29.0 Å². The van der Waals surface area contributed by atoms with Crippen molar-refractivity contribution in [2.75, 3.05) is 13.1 Å². The summed E-state index contributed by atoms with van der Waals surface area (Å²) in [5.74, 6) is 0.804. The summed E-state index contributed by atoms with van der Waals surface area (Å²) in [4.78, 5) is 31.1. The molecule has 2 unspecified atom stereocenters. The molecule has 29 heavy (non-hydrogen) atoms. The summed E-state index contributed by atoms with van der Waals surface area (Å²) in [7, 11) is 0. The molecule has 1 saturated heterocycles. The van der Waals surface area contributed by atoms with Crippen LogP contribution >= 0.6 is 11.6 Å². The number of hydrogen-bond acceptors (Lipinski definition) is 3. The number of rotatable bonds is 3. The number of imide groups is 1. The highest BCUT2D eigenvalue weighted by molar-refractivity contribution is 6.36. The molecular formula is C24H31ClN2O2. The maximum atomic E-state index is 13.7. The molecule has 1 aliphatic carbocycles. The predicted molar refractivity (Wildman–Crippen MR) is 116 cm³/mol. The van der Waals surface area contributed by atoms with Gasteiger partial charge in [-0.1, -0.05) is 63.3 Å². The highest BCUT2D eigenvalue weighted by Gasteiger charge is 2.45. The van der Waals surface area contributed by atoms with E-state index in [-0.39, 0.29) is 17.9 Å². The van der Waals surface area contributed by atoms with Crippen LogP contribution in [0.1, 0.15) is 64.4 Å². The second-order valence-electron chi connectivity index (χ2n) is 9.21. The molecule has 0 radical (unpaired) electrons. The topological polar surface area (TPSA) is 40.6 Å². The largest absolute Gasteiger partial charge is 0.366 e. The molecule has 2 heterocycles. The minimum Gasteiger partial charge on any atom is -0.366 e. The minimum atomic E-state index is -0.120. The average Bonchev–Trinajstić information content (AvgIpc) is 2.83. The zero-order valence-corrected chi connectivity index (χ0v) is 18.3. The smallest absolute Gasteiger partial charge is 0.278 e. The zero-order valence-electron chi connectivity index (χ0n) is 17.5. The molecule has 156 valence electrons. The van der Waals surface area contributed by atoms with Crippen LogP contribution in [0.4, 0.5) is 0 Å². The van der Waals surface area contributed by atoms with Crippen LogP contribution in [0.3, 0.4) is 0 Å². The minimum absolute atomic E-state index is 0.0249. The monoisotopic (exact) mass is 414 g/mol. The van der Waals surface area contributed by atoms with Crippen molar-refractivity contribution in [1.82, 2.24) is 9.80 Å². The maximum Gasteiger partial charge on any atom is 0.278 e. The fraction of sp³-hybridized carbons (Fsp3) is 0.583. The molecule has 2 amide bonds. The first kappa shape index (κ1) is 20.5. The van der Waals surface area contributed by atoms with E-state index in [1.807, 2.05) is 12.1 Å². The van der Waals surface area contributed by atoms with Crippen LogP contribution in [-0.4, -0.2) is 40.7 Å². The van der Waals surface area contributed by atoms with Crippen molar-refractivity contribution in [2.24, 2.45) is 11.8 Å². The molecule has 2 fully saturated rings. The van der Waals surface area contributed by atoms with Crippen LogP contribution in [0.15, 0.2) is 30.0 Å². The quantitative estimate of drug-likeness (QED) is 0.509. The Kier molecular flexibility index (Phi) is 6.00. The van der Waals surface area contributed by atoms with E-state index in [1.54, 1.807) is 17.0 Å². The molecule has 1 saturated carbocycles. The molecule has 0 spiro atoms. The van der Waals surface area contributed by atoms with Crippen molar-refractivity contribution < 1.29 is 9.59 Å². The number of halogens is 1. The van der Waals surface area contributed by atoms with Gasteiger partial charge in [0, 0.05) is 24.2 Å². The van der Waals surface area contributed by atoms with Gasteiger partial charge < -0.3 is 4.90 Å². The summed E-state index contributed by atoms with van der Waals surface area (Å²) in [5.41, 5.74) is 1.97. The first-order chi connectivity index (χ1) is 14.0. The maximum absolute atomic E-state index is 13.7. The van der Waals surface area contributed by atoms with Gasteiger partial charge in [0.2, 0.25) is 0 Å². The molecule has 2 aliphatic heterocycles. The van der Waals surface area contributed by atoms with Crippen molar-refractivity contribution in [2.45, 2.75) is 64.8 Å². The van der Waals surface area contributed by atoms with Crippen molar-refractivity contribution in [3.63, 3.8) is 0 Å². The van der Waals surface area contributed by atoms with Gasteiger partial charge in [-0.05, 0) is 48.8 Å². The molecule has 4 rings (SSSR count). The Labute approximate surface area is 178 Å². The van der Waals surface area contributed by atoms with Crippen LogP contribution in [0.5, 0.6) is 0 Å². The molecular weight excluding hydrogens is 384 g/mol. The molecule has 3 aliphatic rings. The van der Waals surface area contributed by atoms with Crippen LogP contribution in [-0.2, 0) is 9.59 Å². The number of hydrogen-bond donors (Lipinski definition) is 0. The third-order valence-electron chi connectivity index (χ3n) is 6.60. The van der Waals surface area contributed by atoms with Crippen LogP contribution < -0.4 is 0 Å². The number of benzene rings is 1. The Morgan fingerprint density at radius 3 is 2.03 bits per heavy atom. The predicted octanol–water partition coefficient (Wildman–Crippen LogP) is 5.12. The van der Waals surface area contributed by atoms with E-state index in [2.05, 4.69) is 18.7 Å². The number of nitrogens with zero attached hydrogens (tertiary/aromatic N) is 2. The first-order valence-electron chi connectivity index (χ1n) is 11.1. The van der Waals surface area contributed by atoms with E-state index in [9.17, 15) is 9.59 Å². The average molecular weight is 415 g/mol. The van der Waals surface area contributed by atoms with Gasteiger partial charge in [-0.25, -0.2) is 0 Å². The van der Waals surface area contributed by atoms with Gasteiger partial charge in [-0.2, -0.15) is 0 Å². The van der Waals surface area contributed by atoms with Crippen LogP contribution in [0, 0.1) is 11.8 Å². The highest BCUT2D eigenvalue weighted by Crippen LogP contribution is 2.38. The lowest BCUT2D eigenvalue weighted by Gasteiger charge is -2.37. The van der Waals surface area contributed by atoms with Gasteiger partial charge in [0.05, 0.1) is 5.57 Å². The zero-order chi connectivity index (χ0) is 20.5. The van der Waals surface area contributed by atoms with Crippen LogP contribution in [0.2, 0.25) is 5.02 Å². The third-order valence-corrected chi connectivity index (χ3v) is 6.85. The summed E-state index contributed by atoms with van der Waals surface area (Å²) >= 11 is 6.09. The van der Waals surface area contributed by atoms with Gasteiger partial charge in [-0.3, -0.25) is 14.5 Å². The van der Waals surface area contributed by atoms with E-state index in [1.165, 1.54) is 12.8 Å². The Hall–Kier alpha value is -1.81. The Bertz CT molecular complexity index is 799. The first-order valence-corrected chi connectivity index (χ1v) is 11.5. The van der Waals surface area contributed by atoms with Gasteiger partial charge >= 0.3 is 0 Å². The van der Waals surface area contributed by atoms with Crippen molar-refractivity contribution in [3.8, 4) is 0 Å². The lowest BCUT2D eigenvalue weighted by molar-refractivity contribution is -0.140.